The van der Waals surface area contributed by atoms with E-state index in [0.29, 0.717) is 0 Å². The van der Waals surface area contributed by atoms with Gasteiger partial charge in [-0.25, -0.2) is 0 Å². The van der Waals surface area contributed by atoms with Gasteiger partial charge in [-0.1, -0.05) is 46.8 Å². The highest BCUT2D eigenvalue weighted by Gasteiger charge is 2.19. The molecule has 0 N–H and O–H groups in total. The van der Waals surface area contributed by atoms with Crippen LogP contribution in [-0.2, 0) is 0 Å². The summed E-state index contributed by atoms with van der Waals surface area (Å²) >= 11 is 0. The SMILES string of the molecule is C.CCC(C)C1C=CC(C)C1. The second-order valence-electron chi connectivity index (χ2n) is 3.65. The van der Waals surface area contributed by atoms with Crippen LogP contribution in [0.4, 0.5) is 0 Å². The molecule has 3 atom stereocenters. The van der Waals surface area contributed by atoms with Crippen molar-refractivity contribution in [3.63, 3.8) is 0 Å². The van der Waals surface area contributed by atoms with E-state index >= 15 is 0 Å². The summed E-state index contributed by atoms with van der Waals surface area (Å²) in [4.78, 5) is 0. The topological polar surface area (TPSA) is 0 Å². The van der Waals surface area contributed by atoms with Crippen molar-refractivity contribution in [2.45, 2.75) is 41.0 Å². The quantitative estimate of drug-likeness (QED) is 0.529. The van der Waals surface area contributed by atoms with Crippen molar-refractivity contribution in [3.8, 4) is 0 Å². The molecule has 0 heteroatoms. The van der Waals surface area contributed by atoms with E-state index in [1.165, 1.54) is 12.8 Å². The molecule has 1 rings (SSSR count). The zero-order chi connectivity index (χ0) is 7.56. The lowest BCUT2D eigenvalue weighted by Gasteiger charge is -2.15. The first kappa shape index (κ1) is 10.7. The molecule has 11 heavy (non-hydrogen) atoms. The molecule has 0 bridgehead atoms. The summed E-state index contributed by atoms with van der Waals surface area (Å²) in [7, 11) is 0. The number of hydrogen-bond donors (Lipinski definition) is 0. The van der Waals surface area contributed by atoms with Crippen LogP contribution in [-0.4, -0.2) is 0 Å². The van der Waals surface area contributed by atoms with Crippen molar-refractivity contribution in [2.24, 2.45) is 17.8 Å². The first-order chi connectivity index (χ1) is 4.74. The van der Waals surface area contributed by atoms with E-state index < -0.39 is 0 Å². The van der Waals surface area contributed by atoms with Crippen LogP contribution in [0.3, 0.4) is 0 Å². The highest BCUT2D eigenvalue weighted by atomic mass is 14.2. The molecule has 66 valence electrons. The van der Waals surface area contributed by atoms with Crippen LogP contribution in [0.5, 0.6) is 0 Å². The summed E-state index contributed by atoms with van der Waals surface area (Å²) in [6.07, 6.45) is 7.46. The maximum Gasteiger partial charge on any atom is -0.0202 e. The Hall–Kier alpha value is -0.260. The lowest BCUT2D eigenvalue weighted by molar-refractivity contribution is 0.387. The van der Waals surface area contributed by atoms with Gasteiger partial charge in [0.1, 0.15) is 0 Å². The summed E-state index contributed by atoms with van der Waals surface area (Å²) < 4.78 is 0. The number of rotatable bonds is 2. The minimum absolute atomic E-state index is 0. The molecule has 0 aromatic rings. The second-order valence-corrected chi connectivity index (χ2v) is 3.65. The molecule has 0 amide bonds. The zero-order valence-electron chi connectivity index (χ0n) is 7.30. The van der Waals surface area contributed by atoms with Gasteiger partial charge in [0.15, 0.2) is 0 Å². The Morgan fingerprint density at radius 1 is 1.45 bits per heavy atom. The van der Waals surface area contributed by atoms with Crippen molar-refractivity contribution in [1.82, 2.24) is 0 Å². The van der Waals surface area contributed by atoms with Crippen molar-refractivity contribution in [1.29, 1.82) is 0 Å². The van der Waals surface area contributed by atoms with Crippen LogP contribution in [0.1, 0.15) is 41.0 Å². The van der Waals surface area contributed by atoms with E-state index in [1.54, 1.807) is 0 Å². The maximum atomic E-state index is 2.40. The maximum absolute atomic E-state index is 2.40. The van der Waals surface area contributed by atoms with E-state index in [9.17, 15) is 0 Å². The molecule has 1 aliphatic rings. The van der Waals surface area contributed by atoms with Gasteiger partial charge in [-0.2, -0.15) is 0 Å². The third-order valence-electron chi connectivity index (χ3n) is 2.71. The van der Waals surface area contributed by atoms with Crippen LogP contribution in [0.25, 0.3) is 0 Å². The normalized spacial score (nSPS) is 31.5. The highest BCUT2D eigenvalue weighted by Crippen LogP contribution is 2.30. The molecular formula is C11H22. The van der Waals surface area contributed by atoms with Gasteiger partial charge in [-0.15, -0.1) is 0 Å². The molecule has 1 aliphatic carbocycles. The van der Waals surface area contributed by atoms with E-state index in [2.05, 4.69) is 32.9 Å². The first-order valence-electron chi connectivity index (χ1n) is 4.42. The molecule has 0 radical (unpaired) electrons. The minimum Gasteiger partial charge on any atom is -0.0854 e. The molecule has 0 aliphatic heterocycles. The Bertz CT molecular complexity index is 124. The third-order valence-corrected chi connectivity index (χ3v) is 2.71. The monoisotopic (exact) mass is 154 g/mol. The summed E-state index contributed by atoms with van der Waals surface area (Å²) in [5, 5.41) is 0. The predicted octanol–water partition coefficient (Wildman–Crippen LogP) is 3.88. The van der Waals surface area contributed by atoms with E-state index in [1.807, 2.05) is 0 Å². The fourth-order valence-electron chi connectivity index (χ4n) is 1.64. The molecule has 0 aromatic heterocycles. The first-order valence-corrected chi connectivity index (χ1v) is 4.42. The molecule has 0 fully saturated rings. The predicted molar refractivity (Wildman–Crippen MR) is 52.6 cm³/mol. The Balaban J connectivity index is 0.000001000. The largest absolute Gasteiger partial charge is 0.0854 e. The molecular weight excluding hydrogens is 132 g/mol. The lowest BCUT2D eigenvalue weighted by Crippen LogP contribution is -2.06. The minimum atomic E-state index is 0. The molecule has 0 heterocycles. The molecule has 3 unspecified atom stereocenters. The van der Waals surface area contributed by atoms with Gasteiger partial charge >= 0.3 is 0 Å². The molecule has 0 saturated carbocycles. The van der Waals surface area contributed by atoms with Gasteiger partial charge in [-0.3, -0.25) is 0 Å². The summed E-state index contributed by atoms with van der Waals surface area (Å²) in [6.45, 7) is 6.94. The summed E-state index contributed by atoms with van der Waals surface area (Å²) in [5.41, 5.74) is 0. The van der Waals surface area contributed by atoms with Crippen molar-refractivity contribution in [2.75, 3.05) is 0 Å². The van der Waals surface area contributed by atoms with Gasteiger partial charge in [-0.05, 0) is 24.2 Å². The van der Waals surface area contributed by atoms with E-state index in [0.717, 1.165) is 17.8 Å². The Kier molecular flexibility index (Phi) is 4.48. The standard InChI is InChI=1S/C10H18.CH4/c1-4-9(3)10-6-5-8(2)7-10;/h5-6,8-10H,4,7H2,1-3H3;1H4. The lowest BCUT2D eigenvalue weighted by atomic mass is 9.90. The fourth-order valence-corrected chi connectivity index (χ4v) is 1.64. The van der Waals surface area contributed by atoms with Gasteiger partial charge in [0.25, 0.3) is 0 Å². The summed E-state index contributed by atoms with van der Waals surface area (Å²) in [6, 6.07) is 0. The molecule has 0 nitrogen and oxygen atoms in total. The third kappa shape index (κ3) is 2.69. The Morgan fingerprint density at radius 3 is 2.45 bits per heavy atom. The van der Waals surface area contributed by atoms with Crippen LogP contribution in [0, 0.1) is 17.8 Å². The van der Waals surface area contributed by atoms with Gasteiger partial charge < -0.3 is 0 Å². The second kappa shape index (κ2) is 4.58. The van der Waals surface area contributed by atoms with Gasteiger partial charge in [0.2, 0.25) is 0 Å². The van der Waals surface area contributed by atoms with Crippen molar-refractivity contribution >= 4 is 0 Å². The van der Waals surface area contributed by atoms with Gasteiger partial charge in [0.05, 0.1) is 0 Å². The van der Waals surface area contributed by atoms with Crippen LogP contribution >= 0.6 is 0 Å². The van der Waals surface area contributed by atoms with Gasteiger partial charge in [0, 0.05) is 0 Å². The van der Waals surface area contributed by atoms with Crippen LogP contribution < -0.4 is 0 Å². The average Bonchev–Trinajstić information content (AvgIpc) is 2.34. The van der Waals surface area contributed by atoms with Crippen molar-refractivity contribution in [3.05, 3.63) is 12.2 Å². The smallest absolute Gasteiger partial charge is 0.0202 e. The van der Waals surface area contributed by atoms with Crippen molar-refractivity contribution < 1.29 is 0 Å². The molecule has 0 saturated heterocycles. The molecule has 0 aromatic carbocycles. The highest BCUT2D eigenvalue weighted by molar-refractivity contribution is 5.01. The Labute approximate surface area is 71.7 Å². The average molecular weight is 154 g/mol. The zero-order valence-corrected chi connectivity index (χ0v) is 7.30. The van der Waals surface area contributed by atoms with Crippen LogP contribution in [0.15, 0.2) is 12.2 Å². The number of allylic oxidation sites excluding steroid dienone is 2. The van der Waals surface area contributed by atoms with Crippen LogP contribution in [0.2, 0.25) is 0 Å². The Morgan fingerprint density at radius 2 is 2.09 bits per heavy atom. The molecule has 0 spiro atoms. The van der Waals surface area contributed by atoms with E-state index in [-0.39, 0.29) is 7.43 Å². The fraction of sp³-hybridized carbons (Fsp3) is 0.818. The van der Waals surface area contributed by atoms with E-state index in [4.69, 9.17) is 0 Å². The number of hydrogen-bond acceptors (Lipinski definition) is 0. The summed E-state index contributed by atoms with van der Waals surface area (Å²) in [5.74, 6) is 2.60.